The molecule has 0 saturated heterocycles. The normalized spacial score (nSPS) is 13.2. The number of carbonyl (C=O) groups is 1. The lowest BCUT2D eigenvalue weighted by Gasteiger charge is -2.18. The van der Waals surface area contributed by atoms with Gasteiger partial charge in [-0.1, -0.05) is 0 Å². The largest absolute Gasteiger partial charge is 0.493 e. The summed E-state index contributed by atoms with van der Waals surface area (Å²) in [5.41, 5.74) is 0.182. The first-order valence-corrected chi connectivity index (χ1v) is 6.28. The molecule has 7 nitrogen and oxygen atoms in total. The molecule has 21 heavy (non-hydrogen) atoms. The SMILES string of the molecule is COc1cc(C(=O)O[C@H](C)[C@@H](O)CO)cc(OC)c1OC. The van der Waals surface area contributed by atoms with E-state index in [0.717, 1.165) is 0 Å². The van der Waals surface area contributed by atoms with E-state index in [2.05, 4.69) is 0 Å². The molecule has 0 saturated carbocycles. The van der Waals surface area contributed by atoms with Crippen LogP contribution in [0.5, 0.6) is 17.2 Å². The van der Waals surface area contributed by atoms with Gasteiger partial charge in [0, 0.05) is 0 Å². The molecule has 7 heteroatoms. The number of methoxy groups -OCH3 is 3. The summed E-state index contributed by atoms with van der Waals surface area (Å²) in [6.45, 7) is 0.987. The Labute approximate surface area is 123 Å². The van der Waals surface area contributed by atoms with Gasteiger partial charge in [0.1, 0.15) is 12.2 Å². The molecule has 0 unspecified atom stereocenters. The number of ether oxygens (including phenoxy) is 4. The van der Waals surface area contributed by atoms with Crippen molar-refractivity contribution in [3.63, 3.8) is 0 Å². The van der Waals surface area contributed by atoms with E-state index in [1.165, 1.54) is 40.4 Å². The first-order valence-electron chi connectivity index (χ1n) is 6.28. The van der Waals surface area contributed by atoms with Gasteiger partial charge in [-0.25, -0.2) is 4.79 Å². The third-order valence-corrected chi connectivity index (χ3v) is 2.92. The summed E-state index contributed by atoms with van der Waals surface area (Å²) in [5.74, 6) is 0.326. The van der Waals surface area contributed by atoms with Crippen molar-refractivity contribution < 1.29 is 34.0 Å². The highest BCUT2D eigenvalue weighted by molar-refractivity contribution is 5.91. The fourth-order valence-corrected chi connectivity index (χ4v) is 1.66. The molecule has 0 amide bonds. The number of rotatable bonds is 7. The Hall–Kier alpha value is -1.99. The number of esters is 1. The lowest BCUT2D eigenvalue weighted by atomic mass is 10.1. The molecule has 0 aliphatic heterocycles. The molecule has 1 rings (SSSR count). The van der Waals surface area contributed by atoms with Crippen LogP contribution in [-0.4, -0.2) is 56.3 Å². The van der Waals surface area contributed by atoms with Crippen LogP contribution in [0.25, 0.3) is 0 Å². The van der Waals surface area contributed by atoms with Gasteiger partial charge in [-0.2, -0.15) is 0 Å². The fourth-order valence-electron chi connectivity index (χ4n) is 1.66. The van der Waals surface area contributed by atoms with Crippen LogP contribution in [-0.2, 0) is 4.74 Å². The zero-order valence-corrected chi connectivity index (χ0v) is 12.5. The second kappa shape index (κ2) is 7.70. The van der Waals surface area contributed by atoms with Crippen LogP contribution >= 0.6 is 0 Å². The first-order chi connectivity index (χ1) is 9.98. The van der Waals surface area contributed by atoms with E-state index in [0.29, 0.717) is 17.2 Å². The third kappa shape index (κ3) is 3.99. The van der Waals surface area contributed by atoms with E-state index in [1.54, 1.807) is 0 Å². The number of aliphatic hydroxyl groups is 2. The molecule has 0 aliphatic rings. The van der Waals surface area contributed by atoms with Gasteiger partial charge in [0.15, 0.2) is 11.5 Å². The van der Waals surface area contributed by atoms with Crippen LogP contribution < -0.4 is 14.2 Å². The van der Waals surface area contributed by atoms with Crippen molar-refractivity contribution in [1.82, 2.24) is 0 Å². The molecular weight excluding hydrogens is 280 g/mol. The highest BCUT2D eigenvalue weighted by atomic mass is 16.6. The third-order valence-electron chi connectivity index (χ3n) is 2.92. The number of hydrogen-bond donors (Lipinski definition) is 2. The molecule has 0 spiro atoms. The maximum Gasteiger partial charge on any atom is 0.338 e. The van der Waals surface area contributed by atoms with Crippen LogP contribution in [0.15, 0.2) is 12.1 Å². The minimum absolute atomic E-state index is 0.182. The first kappa shape index (κ1) is 17.1. The van der Waals surface area contributed by atoms with Gasteiger partial charge in [0.05, 0.1) is 33.5 Å². The van der Waals surface area contributed by atoms with Crippen molar-refractivity contribution in [3.05, 3.63) is 17.7 Å². The molecule has 2 atom stereocenters. The lowest BCUT2D eigenvalue weighted by Crippen LogP contribution is -2.31. The average molecular weight is 300 g/mol. The van der Waals surface area contributed by atoms with Gasteiger partial charge in [0.2, 0.25) is 5.75 Å². The molecule has 1 aromatic rings. The van der Waals surface area contributed by atoms with E-state index in [4.69, 9.17) is 24.1 Å². The minimum atomic E-state index is -1.14. The number of benzene rings is 1. The molecule has 0 fully saturated rings. The Morgan fingerprint density at radius 1 is 1.14 bits per heavy atom. The van der Waals surface area contributed by atoms with E-state index in [-0.39, 0.29) is 5.56 Å². The van der Waals surface area contributed by atoms with E-state index in [1.807, 2.05) is 0 Å². The topological polar surface area (TPSA) is 94.5 Å². The molecule has 0 heterocycles. The molecule has 2 N–H and O–H groups in total. The maximum atomic E-state index is 12.0. The van der Waals surface area contributed by atoms with E-state index < -0.39 is 24.8 Å². The van der Waals surface area contributed by atoms with Crippen molar-refractivity contribution in [2.45, 2.75) is 19.1 Å². The second-order valence-corrected chi connectivity index (χ2v) is 4.27. The van der Waals surface area contributed by atoms with Crippen molar-refractivity contribution in [2.24, 2.45) is 0 Å². The highest BCUT2D eigenvalue weighted by Gasteiger charge is 2.22. The summed E-state index contributed by atoms with van der Waals surface area (Å²) in [6, 6.07) is 2.89. The molecule has 0 radical (unpaired) electrons. The minimum Gasteiger partial charge on any atom is -0.493 e. The summed E-state index contributed by atoms with van der Waals surface area (Å²) in [6.07, 6.45) is -1.99. The molecule has 0 bridgehead atoms. The Morgan fingerprint density at radius 3 is 2.05 bits per heavy atom. The van der Waals surface area contributed by atoms with Crippen LogP contribution in [0.3, 0.4) is 0 Å². The van der Waals surface area contributed by atoms with Gasteiger partial charge in [-0.15, -0.1) is 0 Å². The van der Waals surface area contributed by atoms with E-state index in [9.17, 15) is 9.90 Å². The van der Waals surface area contributed by atoms with Crippen molar-refractivity contribution in [2.75, 3.05) is 27.9 Å². The summed E-state index contributed by atoms with van der Waals surface area (Å²) >= 11 is 0. The van der Waals surface area contributed by atoms with Crippen molar-refractivity contribution >= 4 is 5.97 Å². The molecular formula is C14H20O7. The van der Waals surface area contributed by atoms with Gasteiger partial charge in [-0.05, 0) is 19.1 Å². The van der Waals surface area contributed by atoms with Gasteiger partial charge in [0.25, 0.3) is 0 Å². The molecule has 0 aliphatic carbocycles. The zero-order valence-electron chi connectivity index (χ0n) is 12.5. The Balaban J connectivity index is 3.05. The van der Waals surface area contributed by atoms with Crippen LogP contribution in [0.2, 0.25) is 0 Å². The summed E-state index contributed by atoms with van der Waals surface area (Å²) in [5, 5.41) is 18.2. The fraction of sp³-hybridized carbons (Fsp3) is 0.500. The Kier molecular flexibility index (Phi) is 6.26. The molecule has 1 aromatic carbocycles. The van der Waals surface area contributed by atoms with Gasteiger partial charge in [-0.3, -0.25) is 0 Å². The number of aliphatic hydroxyl groups excluding tert-OH is 2. The number of carbonyl (C=O) groups excluding carboxylic acids is 1. The standard InChI is InChI=1S/C14H20O7/c1-8(10(16)7-15)21-14(17)9-5-11(18-2)13(20-4)12(6-9)19-3/h5-6,8,10,15-16H,7H2,1-4H3/t8-,10+/m1/s1. The summed E-state index contributed by atoms with van der Waals surface area (Å²) in [7, 11) is 4.33. The Morgan fingerprint density at radius 2 is 1.67 bits per heavy atom. The lowest BCUT2D eigenvalue weighted by molar-refractivity contribution is -0.0294. The van der Waals surface area contributed by atoms with Gasteiger partial charge < -0.3 is 29.2 Å². The monoisotopic (exact) mass is 300 g/mol. The van der Waals surface area contributed by atoms with E-state index >= 15 is 0 Å². The smallest absolute Gasteiger partial charge is 0.338 e. The quantitative estimate of drug-likeness (QED) is 0.712. The highest BCUT2D eigenvalue weighted by Crippen LogP contribution is 2.38. The molecule has 118 valence electrons. The van der Waals surface area contributed by atoms with Crippen LogP contribution in [0, 0.1) is 0 Å². The van der Waals surface area contributed by atoms with Crippen molar-refractivity contribution in [1.29, 1.82) is 0 Å². The average Bonchev–Trinajstić information content (AvgIpc) is 2.51. The van der Waals surface area contributed by atoms with Crippen molar-refractivity contribution in [3.8, 4) is 17.2 Å². The summed E-state index contributed by atoms with van der Waals surface area (Å²) in [4.78, 5) is 12.0. The summed E-state index contributed by atoms with van der Waals surface area (Å²) < 4.78 is 20.5. The van der Waals surface area contributed by atoms with Crippen LogP contribution in [0.4, 0.5) is 0 Å². The second-order valence-electron chi connectivity index (χ2n) is 4.27. The number of hydrogen-bond acceptors (Lipinski definition) is 7. The predicted octanol–water partition coefficient (Wildman–Crippen LogP) is 0.611. The zero-order chi connectivity index (χ0) is 16.0. The van der Waals surface area contributed by atoms with Crippen LogP contribution in [0.1, 0.15) is 17.3 Å². The molecule has 0 aromatic heterocycles. The predicted molar refractivity (Wildman–Crippen MR) is 74.1 cm³/mol. The maximum absolute atomic E-state index is 12.0. The van der Waals surface area contributed by atoms with Gasteiger partial charge >= 0.3 is 5.97 Å². The Bertz CT molecular complexity index is 461.